The van der Waals surface area contributed by atoms with Gasteiger partial charge in [-0.3, -0.25) is 0 Å². The van der Waals surface area contributed by atoms with Crippen molar-refractivity contribution in [3.63, 3.8) is 0 Å². The number of benzene rings is 1. The SMILES string of the molecule is FC(F)(F)Oc1ccccc1OCc1ccc(Cl)nn1. The van der Waals surface area contributed by atoms with E-state index >= 15 is 0 Å². The van der Waals surface area contributed by atoms with Gasteiger partial charge in [-0.15, -0.1) is 18.3 Å². The van der Waals surface area contributed by atoms with Gasteiger partial charge in [-0.25, -0.2) is 0 Å². The molecule has 0 fully saturated rings. The van der Waals surface area contributed by atoms with Crippen LogP contribution in [0.4, 0.5) is 13.2 Å². The van der Waals surface area contributed by atoms with E-state index in [1.807, 2.05) is 0 Å². The van der Waals surface area contributed by atoms with Crippen LogP contribution in [0, 0.1) is 0 Å². The summed E-state index contributed by atoms with van der Waals surface area (Å²) in [5.74, 6) is -0.455. The third-order valence-corrected chi connectivity index (χ3v) is 2.34. The molecule has 0 aliphatic carbocycles. The van der Waals surface area contributed by atoms with Crippen LogP contribution in [0.3, 0.4) is 0 Å². The molecule has 0 aliphatic rings. The summed E-state index contributed by atoms with van der Waals surface area (Å²) in [5, 5.41) is 7.54. The van der Waals surface area contributed by atoms with E-state index in [4.69, 9.17) is 16.3 Å². The van der Waals surface area contributed by atoms with Crippen molar-refractivity contribution in [2.45, 2.75) is 13.0 Å². The van der Waals surface area contributed by atoms with E-state index in [9.17, 15) is 13.2 Å². The normalized spacial score (nSPS) is 11.2. The highest BCUT2D eigenvalue weighted by Crippen LogP contribution is 2.32. The molecule has 0 amide bonds. The molecule has 0 spiro atoms. The lowest BCUT2D eigenvalue weighted by Gasteiger charge is -2.13. The van der Waals surface area contributed by atoms with Gasteiger partial charge in [0.2, 0.25) is 0 Å². The van der Waals surface area contributed by atoms with Crippen molar-refractivity contribution in [2.75, 3.05) is 0 Å². The van der Waals surface area contributed by atoms with Gasteiger partial charge in [0.1, 0.15) is 12.3 Å². The molecule has 0 N–H and O–H groups in total. The largest absolute Gasteiger partial charge is 0.573 e. The third kappa shape index (κ3) is 4.27. The predicted octanol–water partition coefficient (Wildman–Crippen LogP) is 3.61. The van der Waals surface area contributed by atoms with Crippen LogP contribution in [0.1, 0.15) is 5.69 Å². The zero-order valence-corrected chi connectivity index (χ0v) is 10.6. The van der Waals surface area contributed by atoms with Gasteiger partial charge in [-0.1, -0.05) is 23.7 Å². The Balaban J connectivity index is 2.07. The second-order valence-electron chi connectivity index (χ2n) is 3.63. The molecule has 0 radical (unpaired) electrons. The maximum atomic E-state index is 12.2. The number of aromatic nitrogens is 2. The first-order chi connectivity index (χ1) is 9.44. The lowest BCUT2D eigenvalue weighted by atomic mass is 10.3. The van der Waals surface area contributed by atoms with Crippen molar-refractivity contribution in [3.8, 4) is 11.5 Å². The summed E-state index contributed by atoms with van der Waals surface area (Å²) in [4.78, 5) is 0. The Labute approximate surface area is 117 Å². The van der Waals surface area contributed by atoms with Crippen LogP contribution >= 0.6 is 11.6 Å². The van der Waals surface area contributed by atoms with Gasteiger partial charge < -0.3 is 9.47 Å². The molecule has 0 saturated heterocycles. The Bertz CT molecular complexity index is 576. The molecule has 4 nitrogen and oxygen atoms in total. The fourth-order valence-corrected chi connectivity index (χ4v) is 1.45. The highest BCUT2D eigenvalue weighted by atomic mass is 35.5. The van der Waals surface area contributed by atoms with Crippen molar-refractivity contribution in [3.05, 3.63) is 47.2 Å². The van der Waals surface area contributed by atoms with Gasteiger partial charge in [0.25, 0.3) is 0 Å². The summed E-state index contributed by atoms with van der Waals surface area (Å²) in [6.45, 7) is -0.0532. The van der Waals surface area contributed by atoms with Gasteiger partial charge >= 0.3 is 6.36 Å². The number of para-hydroxylation sites is 2. The van der Waals surface area contributed by atoms with Gasteiger partial charge in [0.05, 0.1) is 0 Å². The molecule has 0 atom stereocenters. The molecule has 0 unspecified atom stereocenters. The van der Waals surface area contributed by atoms with E-state index in [-0.39, 0.29) is 17.5 Å². The van der Waals surface area contributed by atoms with Crippen molar-refractivity contribution in [1.29, 1.82) is 0 Å². The number of nitrogens with zero attached hydrogens (tertiary/aromatic N) is 2. The first kappa shape index (κ1) is 14.4. The monoisotopic (exact) mass is 304 g/mol. The fourth-order valence-electron chi connectivity index (χ4n) is 1.35. The highest BCUT2D eigenvalue weighted by Gasteiger charge is 2.32. The van der Waals surface area contributed by atoms with E-state index in [2.05, 4.69) is 14.9 Å². The lowest BCUT2D eigenvalue weighted by molar-refractivity contribution is -0.275. The van der Waals surface area contributed by atoms with Crippen LogP contribution in [0.15, 0.2) is 36.4 Å². The van der Waals surface area contributed by atoms with Crippen molar-refractivity contribution < 1.29 is 22.6 Å². The van der Waals surface area contributed by atoms with Gasteiger partial charge in [0, 0.05) is 0 Å². The molecule has 0 saturated carbocycles. The van der Waals surface area contributed by atoms with Gasteiger partial charge in [-0.05, 0) is 24.3 Å². The molecule has 20 heavy (non-hydrogen) atoms. The third-order valence-electron chi connectivity index (χ3n) is 2.14. The molecule has 1 heterocycles. The zero-order chi connectivity index (χ0) is 14.6. The smallest absolute Gasteiger partial charge is 0.483 e. The highest BCUT2D eigenvalue weighted by molar-refractivity contribution is 6.29. The topological polar surface area (TPSA) is 44.2 Å². The Hall–Kier alpha value is -2.02. The van der Waals surface area contributed by atoms with Gasteiger partial charge in [0.15, 0.2) is 16.7 Å². The Morgan fingerprint density at radius 1 is 1.00 bits per heavy atom. The van der Waals surface area contributed by atoms with E-state index < -0.39 is 12.1 Å². The second kappa shape index (κ2) is 5.96. The molecule has 2 rings (SSSR count). The predicted molar refractivity (Wildman–Crippen MR) is 64.5 cm³/mol. The Morgan fingerprint density at radius 2 is 1.70 bits per heavy atom. The first-order valence-electron chi connectivity index (χ1n) is 5.40. The van der Waals surface area contributed by atoms with Crippen LogP contribution in [0.5, 0.6) is 11.5 Å². The summed E-state index contributed by atoms with van der Waals surface area (Å²) in [6, 6.07) is 8.54. The maximum Gasteiger partial charge on any atom is 0.573 e. The number of halogens is 4. The minimum absolute atomic E-state index is 0.0402. The molecule has 0 aliphatic heterocycles. The molecule has 106 valence electrons. The quantitative estimate of drug-likeness (QED) is 0.865. The molecule has 8 heteroatoms. The number of hydrogen-bond acceptors (Lipinski definition) is 4. The summed E-state index contributed by atoms with van der Waals surface area (Å²) >= 11 is 5.57. The van der Waals surface area contributed by atoms with Crippen molar-refractivity contribution >= 4 is 11.6 Å². The summed E-state index contributed by atoms with van der Waals surface area (Å²) in [6.07, 6.45) is -4.78. The minimum Gasteiger partial charge on any atom is -0.483 e. The molecule has 1 aromatic carbocycles. The van der Waals surface area contributed by atoms with Crippen LogP contribution in [0.2, 0.25) is 5.15 Å². The summed E-state index contributed by atoms with van der Waals surface area (Å²) in [5.41, 5.74) is 0.427. The van der Waals surface area contributed by atoms with E-state index in [1.54, 1.807) is 6.07 Å². The van der Waals surface area contributed by atoms with Crippen LogP contribution in [-0.4, -0.2) is 16.6 Å². The van der Waals surface area contributed by atoms with Gasteiger partial charge in [-0.2, -0.15) is 5.10 Å². The first-order valence-corrected chi connectivity index (χ1v) is 5.77. The Morgan fingerprint density at radius 3 is 2.30 bits per heavy atom. The molecular weight excluding hydrogens is 297 g/mol. The number of alkyl halides is 3. The Kier molecular flexibility index (Phi) is 4.29. The summed E-state index contributed by atoms with van der Waals surface area (Å²) < 4.78 is 45.7. The van der Waals surface area contributed by atoms with Crippen molar-refractivity contribution in [1.82, 2.24) is 10.2 Å². The van der Waals surface area contributed by atoms with E-state index in [1.165, 1.54) is 24.3 Å². The molecule has 2 aromatic rings. The second-order valence-corrected chi connectivity index (χ2v) is 4.02. The standard InChI is InChI=1S/C12H8ClF3N2O2/c13-11-6-5-8(17-18-11)7-19-9-3-1-2-4-10(9)20-12(14,15)16/h1-6H,7H2. The average molecular weight is 305 g/mol. The van der Waals surface area contributed by atoms with Crippen LogP contribution in [-0.2, 0) is 6.61 Å². The zero-order valence-electron chi connectivity index (χ0n) is 9.89. The number of rotatable bonds is 4. The van der Waals surface area contributed by atoms with Crippen LogP contribution < -0.4 is 9.47 Å². The maximum absolute atomic E-state index is 12.2. The fraction of sp³-hybridized carbons (Fsp3) is 0.167. The molecule has 1 aromatic heterocycles. The molecule has 0 bridgehead atoms. The number of hydrogen-bond donors (Lipinski definition) is 0. The van der Waals surface area contributed by atoms with Crippen LogP contribution in [0.25, 0.3) is 0 Å². The summed E-state index contributed by atoms with van der Waals surface area (Å²) in [7, 11) is 0. The van der Waals surface area contributed by atoms with E-state index in [0.29, 0.717) is 5.69 Å². The average Bonchev–Trinajstić information content (AvgIpc) is 2.38. The van der Waals surface area contributed by atoms with E-state index in [0.717, 1.165) is 6.07 Å². The lowest BCUT2D eigenvalue weighted by Crippen LogP contribution is -2.17. The number of ether oxygens (including phenoxy) is 2. The minimum atomic E-state index is -4.78. The molecular formula is C12H8ClF3N2O2. The van der Waals surface area contributed by atoms with Crippen molar-refractivity contribution in [2.24, 2.45) is 0 Å².